The van der Waals surface area contributed by atoms with Gasteiger partial charge in [-0.2, -0.15) is 5.26 Å². The number of alkyl halides is 1. The number of nitriles is 1. The Hall–Kier alpha value is -4.01. The summed E-state index contributed by atoms with van der Waals surface area (Å²) in [7, 11) is 0. The summed E-state index contributed by atoms with van der Waals surface area (Å²) >= 11 is 0.699. The van der Waals surface area contributed by atoms with Gasteiger partial charge >= 0.3 is 0 Å². The lowest BCUT2D eigenvalue weighted by atomic mass is 10.1. The van der Waals surface area contributed by atoms with Crippen molar-refractivity contribution in [3.05, 3.63) is 71.9 Å². The van der Waals surface area contributed by atoms with E-state index in [1.54, 1.807) is 48.7 Å². The van der Waals surface area contributed by atoms with Crippen molar-refractivity contribution >= 4 is 34.4 Å². The smallest absolute Gasteiger partial charge is 0.252 e. The van der Waals surface area contributed by atoms with Crippen molar-refractivity contribution in [2.75, 3.05) is 49.5 Å². The highest BCUT2D eigenvalue weighted by atomic mass is 32.2. The number of aromatic nitrogens is 2. The summed E-state index contributed by atoms with van der Waals surface area (Å²) < 4.78 is 17.5. The number of morpholine rings is 1. The Morgan fingerprint density at radius 1 is 1.14 bits per heavy atom. The van der Waals surface area contributed by atoms with Gasteiger partial charge in [0.05, 0.1) is 30.5 Å². The van der Waals surface area contributed by atoms with Gasteiger partial charge in [-0.05, 0) is 42.1 Å². The number of thioether (sulfide) groups is 1. The molecule has 1 saturated heterocycles. The molecule has 2 heterocycles. The Morgan fingerprint density at radius 3 is 2.53 bits per heavy atom. The van der Waals surface area contributed by atoms with Gasteiger partial charge in [-0.25, -0.2) is 14.4 Å². The molecule has 1 amide bonds. The first-order chi connectivity index (χ1) is 17.5. The van der Waals surface area contributed by atoms with Crippen LogP contribution in [0, 0.1) is 11.3 Å². The van der Waals surface area contributed by atoms with E-state index in [2.05, 4.69) is 20.2 Å². The van der Waals surface area contributed by atoms with Crippen LogP contribution in [-0.4, -0.2) is 59.8 Å². The number of benzene rings is 2. The van der Waals surface area contributed by atoms with Crippen LogP contribution in [0.1, 0.15) is 20.7 Å². The van der Waals surface area contributed by atoms with Gasteiger partial charge in [0, 0.05) is 36.1 Å². The fourth-order valence-corrected chi connectivity index (χ4v) is 3.83. The predicted octanol–water partition coefficient (Wildman–Crippen LogP) is 3.30. The standard InChI is InChI=1S/C13H11N5O.C12H14FNO2S/c14-6-8-16-12(19)10-3-1-9(2-4-10)11-5-7-17-13(15)18-11;13-9-17-12(15)10-3-1-2-4-11(10)14-5-7-16-8-6-14/h1-5,7H,8H2,(H,16,19)(H2,15,17,18);1-4H,5-9H2. The van der Waals surface area contributed by atoms with Crippen LogP contribution in [0.3, 0.4) is 0 Å². The second kappa shape index (κ2) is 13.8. The third kappa shape index (κ3) is 7.49. The number of anilines is 2. The fraction of sp³-hybridized carbons (Fsp3) is 0.240. The number of para-hydroxylation sites is 1. The van der Waals surface area contributed by atoms with Gasteiger partial charge in [-0.1, -0.05) is 24.3 Å². The van der Waals surface area contributed by atoms with E-state index in [4.69, 9.17) is 15.7 Å². The van der Waals surface area contributed by atoms with Crippen LogP contribution in [0.4, 0.5) is 16.0 Å². The van der Waals surface area contributed by atoms with Gasteiger partial charge in [-0.15, -0.1) is 0 Å². The topological polar surface area (TPSA) is 134 Å². The van der Waals surface area contributed by atoms with Crippen LogP contribution in [0.2, 0.25) is 0 Å². The Labute approximate surface area is 212 Å². The monoisotopic (exact) mass is 508 g/mol. The molecule has 0 bridgehead atoms. The molecule has 0 radical (unpaired) electrons. The molecule has 1 aliphatic heterocycles. The molecule has 3 N–H and O–H groups in total. The average molecular weight is 509 g/mol. The van der Waals surface area contributed by atoms with Crippen LogP contribution < -0.4 is 16.0 Å². The maximum Gasteiger partial charge on any atom is 0.252 e. The number of carbonyl (C=O) groups is 2. The first-order valence-corrected chi connectivity index (χ1v) is 12.0. The first-order valence-electron chi connectivity index (χ1n) is 11.0. The summed E-state index contributed by atoms with van der Waals surface area (Å²) in [4.78, 5) is 33.4. The number of nitrogens with one attached hydrogen (secondary N) is 1. The van der Waals surface area contributed by atoms with Crippen molar-refractivity contribution in [2.24, 2.45) is 0 Å². The minimum absolute atomic E-state index is 0.0109. The molecule has 9 nitrogen and oxygen atoms in total. The molecule has 0 aliphatic carbocycles. The molecule has 2 aromatic carbocycles. The fourth-order valence-electron chi connectivity index (χ4n) is 3.40. The van der Waals surface area contributed by atoms with E-state index in [9.17, 15) is 14.0 Å². The largest absolute Gasteiger partial charge is 0.378 e. The van der Waals surface area contributed by atoms with Gasteiger partial charge in [-0.3, -0.25) is 9.59 Å². The maximum absolute atomic E-state index is 12.2. The number of rotatable bonds is 6. The van der Waals surface area contributed by atoms with E-state index in [0.717, 1.165) is 24.3 Å². The first kappa shape index (κ1) is 26.6. The highest BCUT2D eigenvalue weighted by molar-refractivity contribution is 8.14. The van der Waals surface area contributed by atoms with Gasteiger partial charge in [0.2, 0.25) is 11.1 Å². The summed E-state index contributed by atoms with van der Waals surface area (Å²) in [5.74, 6) is -0.0800. The molecule has 186 valence electrons. The summed E-state index contributed by atoms with van der Waals surface area (Å²) in [6.07, 6.45) is 1.57. The predicted molar refractivity (Wildman–Crippen MR) is 137 cm³/mol. The van der Waals surface area contributed by atoms with Crippen LogP contribution in [-0.2, 0) is 4.74 Å². The van der Waals surface area contributed by atoms with Crippen LogP contribution in [0.15, 0.2) is 60.8 Å². The second-order valence-corrected chi connectivity index (χ2v) is 8.25. The Kier molecular flexibility index (Phi) is 10.2. The van der Waals surface area contributed by atoms with E-state index in [-0.39, 0.29) is 23.5 Å². The van der Waals surface area contributed by atoms with E-state index < -0.39 is 6.01 Å². The molecule has 36 heavy (non-hydrogen) atoms. The van der Waals surface area contributed by atoms with Gasteiger partial charge in [0.1, 0.15) is 12.6 Å². The molecule has 0 unspecified atom stereocenters. The molecule has 0 atom stereocenters. The van der Waals surface area contributed by atoms with E-state index >= 15 is 0 Å². The second-order valence-electron chi connectivity index (χ2n) is 7.38. The minimum atomic E-state index is -0.684. The van der Waals surface area contributed by atoms with Gasteiger partial charge < -0.3 is 20.7 Å². The Balaban J connectivity index is 0.000000202. The van der Waals surface area contributed by atoms with Crippen molar-refractivity contribution < 1.29 is 18.7 Å². The molecule has 1 aromatic heterocycles. The molecule has 4 rings (SSSR count). The zero-order valence-electron chi connectivity index (χ0n) is 19.4. The summed E-state index contributed by atoms with van der Waals surface area (Å²) in [5.41, 5.74) is 8.99. The van der Waals surface area contributed by atoms with Crippen molar-refractivity contribution in [2.45, 2.75) is 0 Å². The minimum Gasteiger partial charge on any atom is -0.378 e. The van der Waals surface area contributed by atoms with E-state index in [1.165, 1.54) is 0 Å². The molecule has 1 aliphatic rings. The number of hydrogen-bond donors (Lipinski definition) is 2. The number of nitrogens with zero attached hydrogens (tertiary/aromatic N) is 4. The number of ether oxygens (including phenoxy) is 1. The molecule has 3 aromatic rings. The van der Waals surface area contributed by atoms with Crippen LogP contribution in [0.25, 0.3) is 11.3 Å². The number of nitrogens with two attached hydrogens (primary N) is 1. The molecule has 0 spiro atoms. The van der Waals surface area contributed by atoms with Crippen molar-refractivity contribution in [3.8, 4) is 17.3 Å². The highest BCUT2D eigenvalue weighted by Gasteiger charge is 2.18. The lowest BCUT2D eigenvalue weighted by Crippen LogP contribution is -2.37. The Morgan fingerprint density at radius 2 is 1.86 bits per heavy atom. The summed E-state index contributed by atoms with van der Waals surface area (Å²) in [6, 6.07) is 17.1. The summed E-state index contributed by atoms with van der Waals surface area (Å²) in [5, 5.41) is 10.6. The van der Waals surface area contributed by atoms with Crippen molar-refractivity contribution in [1.82, 2.24) is 15.3 Å². The summed E-state index contributed by atoms with van der Waals surface area (Å²) in [6.45, 7) is 2.86. The number of halogens is 1. The maximum atomic E-state index is 12.2. The lowest BCUT2D eigenvalue weighted by molar-refractivity contribution is 0.0958. The zero-order chi connectivity index (χ0) is 25.8. The van der Waals surface area contributed by atoms with Crippen molar-refractivity contribution in [1.29, 1.82) is 5.26 Å². The molecule has 1 fully saturated rings. The molecule has 0 saturated carbocycles. The number of hydrogen-bond acceptors (Lipinski definition) is 9. The quantitative estimate of drug-likeness (QED) is 0.481. The normalized spacial score (nSPS) is 12.6. The van der Waals surface area contributed by atoms with E-state index in [0.29, 0.717) is 41.8 Å². The third-order valence-electron chi connectivity index (χ3n) is 5.11. The van der Waals surface area contributed by atoms with E-state index in [1.807, 2.05) is 18.2 Å². The zero-order valence-corrected chi connectivity index (χ0v) is 20.2. The number of amides is 1. The van der Waals surface area contributed by atoms with Gasteiger partial charge in [0.15, 0.2) is 0 Å². The number of carbonyl (C=O) groups excluding carboxylic acids is 2. The molecular formula is C25H25FN6O3S. The van der Waals surface area contributed by atoms with Crippen LogP contribution >= 0.6 is 11.8 Å². The van der Waals surface area contributed by atoms with Crippen molar-refractivity contribution in [3.63, 3.8) is 0 Å². The molecule has 11 heteroatoms. The SMILES string of the molecule is N#CCNC(=O)c1ccc(-c2ccnc(N)n2)cc1.O=C(SCF)c1ccccc1N1CCOCC1. The molecular weight excluding hydrogens is 483 g/mol. The third-order valence-corrected chi connectivity index (χ3v) is 5.70. The number of nitrogen functional groups attached to an aromatic ring is 1. The van der Waals surface area contributed by atoms with Crippen LogP contribution in [0.5, 0.6) is 0 Å². The lowest BCUT2D eigenvalue weighted by Gasteiger charge is -2.30. The highest BCUT2D eigenvalue weighted by Crippen LogP contribution is 2.25. The average Bonchev–Trinajstić information content (AvgIpc) is 2.93. The van der Waals surface area contributed by atoms with Gasteiger partial charge in [0.25, 0.3) is 5.91 Å². The Bertz CT molecular complexity index is 1210.